The fourth-order valence-corrected chi connectivity index (χ4v) is 3.64. The highest BCUT2D eigenvalue weighted by molar-refractivity contribution is 5.98. The van der Waals surface area contributed by atoms with E-state index in [9.17, 15) is 10.5 Å². The summed E-state index contributed by atoms with van der Waals surface area (Å²) < 4.78 is 7.03. The molecule has 0 fully saturated rings. The van der Waals surface area contributed by atoms with Crippen LogP contribution >= 0.6 is 0 Å². The van der Waals surface area contributed by atoms with Crippen LogP contribution in [0.25, 0.3) is 39.0 Å². The fraction of sp³-hybridized carbons (Fsp3) is 0.0435. The molecule has 2 aromatic carbocycles. The van der Waals surface area contributed by atoms with E-state index in [2.05, 4.69) is 22.1 Å². The summed E-state index contributed by atoms with van der Waals surface area (Å²) in [4.78, 5) is 12.4. The molecule has 7 heteroatoms. The largest absolute Gasteiger partial charge is 0.497 e. The highest BCUT2D eigenvalue weighted by Crippen LogP contribution is 2.34. The minimum Gasteiger partial charge on any atom is -0.497 e. The van der Waals surface area contributed by atoms with Gasteiger partial charge in [0.2, 0.25) is 0 Å². The Labute approximate surface area is 171 Å². The molecule has 3 heterocycles. The molecule has 0 saturated carbocycles. The maximum absolute atomic E-state index is 9.84. The number of imidazole rings is 1. The molecule has 5 aromatic rings. The summed E-state index contributed by atoms with van der Waals surface area (Å²) in [5.74, 6) is 0.736. The van der Waals surface area contributed by atoms with Gasteiger partial charge < -0.3 is 9.72 Å². The third kappa shape index (κ3) is 2.50. The van der Waals surface area contributed by atoms with Crippen LogP contribution in [0, 0.1) is 22.7 Å². The molecule has 0 aliphatic rings. The fourth-order valence-electron chi connectivity index (χ4n) is 3.64. The quantitative estimate of drug-likeness (QED) is 0.494. The number of pyridine rings is 1. The molecule has 7 nitrogen and oxygen atoms in total. The normalized spacial score (nSPS) is 10.8. The zero-order chi connectivity index (χ0) is 20.7. The summed E-state index contributed by atoms with van der Waals surface area (Å²) in [5, 5.41) is 20.6. The van der Waals surface area contributed by atoms with Crippen molar-refractivity contribution in [2.45, 2.75) is 0 Å². The van der Waals surface area contributed by atoms with E-state index in [0.717, 1.165) is 27.9 Å². The van der Waals surface area contributed by atoms with Gasteiger partial charge in [0.25, 0.3) is 0 Å². The summed E-state index contributed by atoms with van der Waals surface area (Å²) in [6, 6.07) is 19.6. The highest BCUT2D eigenvalue weighted by atomic mass is 16.5. The second-order valence-corrected chi connectivity index (χ2v) is 6.67. The van der Waals surface area contributed by atoms with Crippen LogP contribution in [0.2, 0.25) is 0 Å². The first-order chi connectivity index (χ1) is 14.7. The molecule has 142 valence electrons. The van der Waals surface area contributed by atoms with Gasteiger partial charge in [-0.3, -0.25) is 4.57 Å². The molecule has 0 atom stereocenters. The molecule has 5 rings (SSSR count). The maximum atomic E-state index is 9.84. The number of H-pyrrole nitrogens is 1. The molecular weight excluding hydrogens is 376 g/mol. The van der Waals surface area contributed by atoms with Crippen LogP contribution in [0.15, 0.2) is 61.1 Å². The van der Waals surface area contributed by atoms with E-state index in [1.54, 1.807) is 18.0 Å². The van der Waals surface area contributed by atoms with Crippen LogP contribution < -0.4 is 4.74 Å². The number of rotatable bonds is 3. The Bertz CT molecular complexity index is 1500. The van der Waals surface area contributed by atoms with Crippen molar-refractivity contribution in [1.82, 2.24) is 19.5 Å². The van der Waals surface area contributed by atoms with Crippen molar-refractivity contribution in [2.24, 2.45) is 0 Å². The molecule has 0 unspecified atom stereocenters. The van der Waals surface area contributed by atoms with Gasteiger partial charge in [0, 0.05) is 28.4 Å². The molecule has 0 radical (unpaired) electrons. The van der Waals surface area contributed by atoms with E-state index in [-0.39, 0.29) is 11.1 Å². The second kappa shape index (κ2) is 6.77. The number of ether oxygens (including phenoxy) is 1. The first-order valence-electron chi connectivity index (χ1n) is 9.17. The van der Waals surface area contributed by atoms with Crippen molar-refractivity contribution in [2.75, 3.05) is 7.11 Å². The molecule has 0 aliphatic heterocycles. The topological polar surface area (TPSA) is 103 Å². The minimum atomic E-state index is 0.217. The number of nitrogens with one attached hydrogen (secondary N) is 1. The van der Waals surface area contributed by atoms with Crippen molar-refractivity contribution in [3.8, 4) is 34.8 Å². The maximum Gasteiger partial charge on any atom is 0.166 e. The second-order valence-electron chi connectivity index (χ2n) is 6.67. The number of nitriles is 2. The van der Waals surface area contributed by atoms with Gasteiger partial charge in [-0.15, -0.1) is 0 Å². The van der Waals surface area contributed by atoms with Gasteiger partial charge in [0.15, 0.2) is 5.65 Å². The SMILES string of the molecule is COc1ccc(-n2cnc3c(C#N)c(C#N)c(-c4c[nH]c5ccccc45)nc32)cc1. The van der Waals surface area contributed by atoms with Gasteiger partial charge in [-0.1, -0.05) is 18.2 Å². The lowest BCUT2D eigenvalue weighted by Gasteiger charge is -2.08. The molecule has 1 N–H and O–H groups in total. The third-order valence-corrected chi connectivity index (χ3v) is 5.10. The molecule has 0 spiro atoms. The zero-order valence-corrected chi connectivity index (χ0v) is 15.9. The van der Waals surface area contributed by atoms with Crippen LogP contribution in [0.4, 0.5) is 0 Å². The van der Waals surface area contributed by atoms with Crippen molar-refractivity contribution < 1.29 is 4.74 Å². The number of hydrogen-bond donors (Lipinski definition) is 1. The average molecular weight is 390 g/mol. The molecule has 0 amide bonds. The number of para-hydroxylation sites is 1. The lowest BCUT2D eigenvalue weighted by atomic mass is 10.0. The predicted octanol–water partition coefficient (Wildman–Crippen LogP) is 4.32. The van der Waals surface area contributed by atoms with E-state index in [4.69, 9.17) is 9.72 Å². The van der Waals surface area contributed by atoms with Crippen molar-refractivity contribution in [1.29, 1.82) is 10.5 Å². The minimum absolute atomic E-state index is 0.217. The summed E-state index contributed by atoms with van der Waals surface area (Å²) in [7, 11) is 1.61. The van der Waals surface area contributed by atoms with E-state index in [1.807, 2.05) is 54.7 Å². The Kier molecular flexibility index (Phi) is 3.94. The summed E-state index contributed by atoms with van der Waals surface area (Å²) in [6.07, 6.45) is 3.43. The number of nitrogens with zero attached hydrogens (tertiary/aromatic N) is 5. The number of methoxy groups -OCH3 is 1. The standard InChI is InChI=1S/C23H14N6O/c1-30-15-8-6-14(7-9-15)29-13-27-22-18(11-25)17(10-24)21(28-23(22)29)19-12-26-20-5-3-2-4-16(19)20/h2-9,12-13,26H,1H3. The summed E-state index contributed by atoms with van der Waals surface area (Å²) >= 11 is 0. The Morgan fingerprint density at radius 3 is 2.50 bits per heavy atom. The highest BCUT2D eigenvalue weighted by Gasteiger charge is 2.22. The van der Waals surface area contributed by atoms with Crippen LogP contribution in [0.3, 0.4) is 0 Å². The predicted molar refractivity (Wildman–Crippen MR) is 112 cm³/mol. The number of fused-ring (bicyclic) bond motifs is 2. The van der Waals surface area contributed by atoms with Crippen LogP contribution in [0.5, 0.6) is 5.75 Å². The van der Waals surface area contributed by atoms with Crippen molar-refractivity contribution in [3.05, 3.63) is 72.2 Å². The molecular formula is C23H14N6O. The Morgan fingerprint density at radius 1 is 1.00 bits per heavy atom. The molecule has 3 aromatic heterocycles. The lowest BCUT2D eigenvalue weighted by molar-refractivity contribution is 0.415. The number of aromatic amines is 1. The molecule has 0 bridgehead atoms. The van der Waals surface area contributed by atoms with Gasteiger partial charge in [0.1, 0.15) is 35.3 Å². The zero-order valence-electron chi connectivity index (χ0n) is 15.9. The Balaban J connectivity index is 1.83. The molecule has 30 heavy (non-hydrogen) atoms. The van der Waals surface area contributed by atoms with E-state index in [1.165, 1.54) is 0 Å². The smallest absolute Gasteiger partial charge is 0.166 e. The van der Waals surface area contributed by atoms with Crippen LogP contribution in [-0.2, 0) is 0 Å². The van der Waals surface area contributed by atoms with E-state index < -0.39 is 0 Å². The van der Waals surface area contributed by atoms with Crippen molar-refractivity contribution >= 4 is 22.1 Å². The number of benzene rings is 2. The van der Waals surface area contributed by atoms with Gasteiger partial charge in [-0.25, -0.2) is 9.97 Å². The van der Waals surface area contributed by atoms with Gasteiger partial charge in [-0.05, 0) is 30.3 Å². The van der Waals surface area contributed by atoms with Gasteiger partial charge in [0.05, 0.1) is 18.4 Å². The van der Waals surface area contributed by atoms with Gasteiger partial charge in [-0.2, -0.15) is 10.5 Å². The first-order valence-corrected chi connectivity index (χ1v) is 9.17. The lowest BCUT2D eigenvalue weighted by Crippen LogP contribution is -1.99. The summed E-state index contributed by atoms with van der Waals surface area (Å²) in [5.41, 5.74) is 4.32. The Morgan fingerprint density at radius 2 is 1.77 bits per heavy atom. The van der Waals surface area contributed by atoms with Crippen molar-refractivity contribution in [3.63, 3.8) is 0 Å². The third-order valence-electron chi connectivity index (χ3n) is 5.10. The van der Waals surface area contributed by atoms with Crippen LogP contribution in [0.1, 0.15) is 11.1 Å². The molecule has 0 aliphatic carbocycles. The van der Waals surface area contributed by atoms with E-state index in [0.29, 0.717) is 16.9 Å². The first kappa shape index (κ1) is 17.5. The monoisotopic (exact) mass is 390 g/mol. The summed E-state index contributed by atoms with van der Waals surface area (Å²) in [6.45, 7) is 0. The number of hydrogen-bond acceptors (Lipinski definition) is 5. The van der Waals surface area contributed by atoms with E-state index >= 15 is 0 Å². The molecule has 0 saturated heterocycles. The Hall–Kier alpha value is -4.62. The van der Waals surface area contributed by atoms with Crippen LogP contribution in [-0.4, -0.2) is 26.6 Å². The average Bonchev–Trinajstić information content (AvgIpc) is 3.42. The van der Waals surface area contributed by atoms with Gasteiger partial charge >= 0.3 is 0 Å². The number of aromatic nitrogens is 4.